The van der Waals surface area contributed by atoms with Crippen LogP contribution in [0.2, 0.25) is 0 Å². The maximum atomic E-state index is 13.5. The number of aryl methyl sites for hydroxylation is 1. The first-order chi connectivity index (χ1) is 21.4. The molecule has 3 N–H and O–H groups in total. The van der Waals surface area contributed by atoms with Crippen LogP contribution in [-0.4, -0.2) is 44.3 Å². The lowest BCUT2D eigenvalue weighted by molar-refractivity contribution is 0.0528. The molecule has 0 unspecified atom stereocenters. The minimum Gasteiger partial charge on any atom is -0.493 e. The fourth-order valence-electron chi connectivity index (χ4n) is 4.47. The third kappa shape index (κ3) is 8.41. The third-order valence-corrected chi connectivity index (χ3v) is 6.73. The molecular formula is C34H37N3O8. The molecule has 0 radical (unpaired) electrons. The number of nitrogens with one attached hydrogen (secondary N) is 3. The number of benzene rings is 3. The molecule has 0 atom stereocenters. The highest BCUT2D eigenvalue weighted by Crippen LogP contribution is 2.34. The molecular weight excluding hydrogens is 578 g/mol. The summed E-state index contributed by atoms with van der Waals surface area (Å²) in [7, 11) is 2.86. The van der Waals surface area contributed by atoms with E-state index in [-0.39, 0.29) is 39.5 Å². The van der Waals surface area contributed by atoms with E-state index >= 15 is 0 Å². The number of hydrogen-bond acceptors (Lipinski definition) is 8. The molecule has 0 saturated heterocycles. The number of carbonyl (C=O) groups excluding carboxylic acids is 3. The molecule has 0 saturated carbocycles. The van der Waals surface area contributed by atoms with Crippen LogP contribution in [0.25, 0.3) is 11.0 Å². The summed E-state index contributed by atoms with van der Waals surface area (Å²) in [5.41, 5.74) is 1.95. The number of carbonyl (C=O) groups is 3. The fourth-order valence-corrected chi connectivity index (χ4v) is 4.47. The van der Waals surface area contributed by atoms with Crippen molar-refractivity contribution >= 4 is 40.3 Å². The van der Waals surface area contributed by atoms with Gasteiger partial charge in [0.05, 0.1) is 30.9 Å². The number of rotatable bonds is 10. The van der Waals surface area contributed by atoms with E-state index in [1.165, 1.54) is 26.4 Å². The van der Waals surface area contributed by atoms with Gasteiger partial charge in [-0.3, -0.25) is 14.4 Å². The first-order valence-electron chi connectivity index (χ1n) is 14.4. The molecule has 45 heavy (non-hydrogen) atoms. The van der Waals surface area contributed by atoms with Crippen molar-refractivity contribution in [3.63, 3.8) is 0 Å². The molecule has 3 amide bonds. The second-order valence-electron chi connectivity index (χ2n) is 11.2. The van der Waals surface area contributed by atoms with Crippen molar-refractivity contribution in [2.24, 2.45) is 0 Å². The summed E-state index contributed by atoms with van der Waals surface area (Å²) in [6.07, 6.45) is 0.820. The van der Waals surface area contributed by atoms with Crippen LogP contribution in [-0.2, 0) is 17.6 Å². The van der Waals surface area contributed by atoms with E-state index in [0.29, 0.717) is 24.0 Å². The SMILES string of the molecule is CCc1ccc2oc(C(=O)Nc3cc(OC)c(OC)cc3C(=O)Nc3ccc(CCNC(=O)OC(C)(C)C)cc3)cc(=O)c2c1. The first-order valence-corrected chi connectivity index (χ1v) is 14.4. The van der Waals surface area contributed by atoms with Crippen molar-refractivity contribution < 1.29 is 33.0 Å². The average Bonchev–Trinajstić information content (AvgIpc) is 3.00. The Morgan fingerprint density at radius 3 is 2.13 bits per heavy atom. The predicted octanol–water partition coefficient (Wildman–Crippen LogP) is 5.94. The van der Waals surface area contributed by atoms with Crippen LogP contribution in [0.1, 0.15) is 59.7 Å². The predicted molar refractivity (Wildman–Crippen MR) is 172 cm³/mol. The molecule has 4 rings (SSSR count). The van der Waals surface area contributed by atoms with E-state index in [0.717, 1.165) is 23.6 Å². The van der Waals surface area contributed by atoms with Crippen molar-refractivity contribution in [1.29, 1.82) is 0 Å². The molecule has 11 nitrogen and oxygen atoms in total. The van der Waals surface area contributed by atoms with Crippen LogP contribution in [0.5, 0.6) is 11.5 Å². The van der Waals surface area contributed by atoms with E-state index in [1.54, 1.807) is 45.0 Å². The summed E-state index contributed by atoms with van der Waals surface area (Å²) < 4.78 is 21.8. The molecule has 0 fully saturated rings. The molecule has 11 heteroatoms. The van der Waals surface area contributed by atoms with Crippen LogP contribution in [0.3, 0.4) is 0 Å². The Morgan fingerprint density at radius 2 is 1.49 bits per heavy atom. The molecule has 0 aliphatic rings. The van der Waals surface area contributed by atoms with Gasteiger partial charge in [-0.15, -0.1) is 0 Å². The molecule has 0 aliphatic heterocycles. The third-order valence-electron chi connectivity index (χ3n) is 6.73. The van der Waals surface area contributed by atoms with E-state index < -0.39 is 23.5 Å². The van der Waals surface area contributed by atoms with E-state index in [4.69, 9.17) is 18.6 Å². The monoisotopic (exact) mass is 615 g/mol. The Balaban J connectivity index is 1.51. The standard InChI is InChI=1S/C34H37N3O8/c1-7-20-10-13-27-24(16-20)26(38)19-30(44-27)32(40)37-25-18-29(43-6)28(42-5)17-23(25)31(39)36-22-11-8-21(9-12-22)14-15-35-33(41)45-34(2,3)4/h8-13,16-19H,7,14-15H2,1-6H3,(H,35,41)(H,36,39)(H,37,40). The van der Waals surface area contributed by atoms with E-state index in [1.807, 2.05) is 25.1 Å². The maximum absolute atomic E-state index is 13.5. The number of alkyl carbamates (subject to hydrolysis) is 1. The quantitative estimate of drug-likeness (QED) is 0.199. The van der Waals surface area contributed by atoms with Gasteiger partial charge in [-0.1, -0.05) is 25.1 Å². The summed E-state index contributed by atoms with van der Waals surface area (Å²) in [4.78, 5) is 51.4. The van der Waals surface area contributed by atoms with Gasteiger partial charge in [0.25, 0.3) is 11.8 Å². The highest BCUT2D eigenvalue weighted by atomic mass is 16.6. The van der Waals surface area contributed by atoms with Crippen molar-refractivity contribution in [3.8, 4) is 11.5 Å². The Kier molecular flexibility index (Phi) is 10.1. The van der Waals surface area contributed by atoms with E-state index in [2.05, 4.69) is 16.0 Å². The minimum atomic E-state index is -0.723. The Morgan fingerprint density at radius 1 is 0.822 bits per heavy atom. The van der Waals surface area contributed by atoms with Gasteiger partial charge >= 0.3 is 6.09 Å². The first kappa shape index (κ1) is 32.6. The fraction of sp³-hybridized carbons (Fsp3) is 0.294. The summed E-state index contributed by atoms with van der Waals surface area (Å²) in [6.45, 7) is 7.75. The Hall–Kier alpha value is -5.32. The summed E-state index contributed by atoms with van der Waals surface area (Å²) in [5, 5.41) is 8.59. The van der Waals surface area contributed by atoms with Gasteiger partial charge in [-0.05, 0) is 75.1 Å². The molecule has 3 aromatic carbocycles. The highest BCUT2D eigenvalue weighted by Gasteiger charge is 2.21. The number of hydrogen-bond donors (Lipinski definition) is 3. The van der Waals surface area contributed by atoms with Crippen molar-refractivity contribution in [3.05, 3.63) is 93.3 Å². The van der Waals surface area contributed by atoms with Gasteiger partial charge in [-0.2, -0.15) is 0 Å². The van der Waals surface area contributed by atoms with Crippen molar-refractivity contribution in [1.82, 2.24) is 5.32 Å². The molecule has 1 heterocycles. The van der Waals surface area contributed by atoms with Gasteiger partial charge in [0.1, 0.15) is 11.2 Å². The zero-order valence-corrected chi connectivity index (χ0v) is 26.2. The van der Waals surface area contributed by atoms with Crippen LogP contribution < -0.4 is 30.9 Å². The number of amides is 3. The van der Waals surface area contributed by atoms with Gasteiger partial charge in [0.2, 0.25) is 0 Å². The van der Waals surface area contributed by atoms with Gasteiger partial charge < -0.3 is 34.6 Å². The summed E-state index contributed by atoms with van der Waals surface area (Å²) in [5.74, 6) is -0.912. The van der Waals surface area contributed by atoms with Crippen LogP contribution in [0, 0.1) is 0 Å². The minimum absolute atomic E-state index is 0.0855. The average molecular weight is 616 g/mol. The zero-order chi connectivity index (χ0) is 32.7. The van der Waals surface area contributed by atoms with E-state index in [9.17, 15) is 19.2 Å². The summed E-state index contributed by atoms with van der Waals surface area (Å²) in [6, 6.07) is 16.4. The van der Waals surface area contributed by atoms with Crippen molar-refractivity contribution in [2.75, 3.05) is 31.4 Å². The lowest BCUT2D eigenvalue weighted by atomic mass is 10.1. The van der Waals surface area contributed by atoms with Gasteiger partial charge in [0, 0.05) is 24.4 Å². The number of anilines is 2. The molecule has 0 aliphatic carbocycles. The van der Waals surface area contributed by atoms with Crippen molar-refractivity contribution in [2.45, 2.75) is 46.1 Å². The highest BCUT2D eigenvalue weighted by molar-refractivity contribution is 6.12. The largest absolute Gasteiger partial charge is 0.493 e. The molecule has 0 spiro atoms. The van der Waals surface area contributed by atoms with Crippen LogP contribution in [0.15, 0.2) is 69.9 Å². The normalized spacial score (nSPS) is 11.1. The second kappa shape index (κ2) is 14.0. The summed E-state index contributed by atoms with van der Waals surface area (Å²) >= 11 is 0. The Bertz CT molecular complexity index is 1770. The number of ether oxygens (including phenoxy) is 3. The lowest BCUT2D eigenvalue weighted by Gasteiger charge is -2.19. The van der Waals surface area contributed by atoms with Crippen LogP contribution >= 0.6 is 0 Å². The lowest BCUT2D eigenvalue weighted by Crippen LogP contribution is -2.33. The number of methoxy groups -OCH3 is 2. The maximum Gasteiger partial charge on any atom is 0.407 e. The van der Waals surface area contributed by atoms with Crippen LogP contribution in [0.4, 0.5) is 16.2 Å². The Labute approximate surface area is 260 Å². The second-order valence-corrected chi connectivity index (χ2v) is 11.2. The van der Waals surface area contributed by atoms with Gasteiger partial charge in [-0.25, -0.2) is 4.79 Å². The smallest absolute Gasteiger partial charge is 0.407 e. The topological polar surface area (TPSA) is 145 Å². The zero-order valence-electron chi connectivity index (χ0n) is 26.2. The molecule has 4 aromatic rings. The molecule has 1 aromatic heterocycles. The van der Waals surface area contributed by atoms with Gasteiger partial charge in [0.15, 0.2) is 22.7 Å². The number of fused-ring (bicyclic) bond motifs is 1. The molecule has 236 valence electrons. The molecule has 0 bridgehead atoms.